The molecule has 2 aromatic rings. The minimum Gasteiger partial charge on any atom is -0.440 e. The largest absolute Gasteiger partial charge is 0.440 e. The van der Waals surface area contributed by atoms with Crippen molar-refractivity contribution in [3.05, 3.63) is 24.0 Å². The number of carbonyl (C=O) groups excluding carboxylic acids is 2. The summed E-state index contributed by atoms with van der Waals surface area (Å²) >= 11 is 0. The maximum atomic E-state index is 12.7. The van der Waals surface area contributed by atoms with E-state index >= 15 is 0 Å². The molecule has 2 amide bonds. The number of hydrogen-bond donors (Lipinski definition) is 1. The topological polar surface area (TPSA) is 78.7 Å². The van der Waals surface area contributed by atoms with Crippen molar-refractivity contribution in [3.8, 4) is 0 Å². The number of aromatic nitrogens is 1. The van der Waals surface area contributed by atoms with Gasteiger partial charge in [0, 0.05) is 49.8 Å². The molecule has 3 saturated heterocycles. The van der Waals surface area contributed by atoms with E-state index in [4.69, 9.17) is 4.42 Å². The number of fused-ring (bicyclic) bond motifs is 4. The van der Waals surface area contributed by atoms with Crippen LogP contribution in [0, 0.1) is 5.92 Å². The molecule has 0 aliphatic carbocycles. The Morgan fingerprint density at radius 1 is 1.31 bits per heavy atom. The second-order valence-corrected chi connectivity index (χ2v) is 7.38. The van der Waals surface area contributed by atoms with E-state index in [0.29, 0.717) is 29.1 Å². The first-order chi connectivity index (χ1) is 12.4. The van der Waals surface area contributed by atoms with Gasteiger partial charge >= 0.3 is 0 Å². The summed E-state index contributed by atoms with van der Waals surface area (Å²) in [7, 11) is 1.65. The first kappa shape index (κ1) is 17.0. The molecule has 7 heteroatoms. The molecule has 2 bridgehead atoms. The van der Waals surface area contributed by atoms with Crippen LogP contribution in [0.3, 0.4) is 0 Å². The third kappa shape index (κ3) is 2.86. The summed E-state index contributed by atoms with van der Waals surface area (Å²) in [6, 6.07) is 3.92. The van der Waals surface area contributed by atoms with Crippen LogP contribution in [-0.2, 0) is 4.79 Å². The lowest BCUT2D eigenvalue weighted by Gasteiger charge is -2.49. The quantitative estimate of drug-likeness (QED) is 0.910. The van der Waals surface area contributed by atoms with Crippen molar-refractivity contribution in [3.63, 3.8) is 0 Å². The van der Waals surface area contributed by atoms with E-state index < -0.39 is 0 Å². The zero-order valence-corrected chi connectivity index (χ0v) is 15.4. The van der Waals surface area contributed by atoms with Crippen molar-refractivity contribution in [2.24, 2.45) is 5.92 Å². The van der Waals surface area contributed by atoms with Crippen molar-refractivity contribution in [1.29, 1.82) is 0 Å². The van der Waals surface area contributed by atoms with Crippen LogP contribution in [0.1, 0.15) is 37.2 Å². The van der Waals surface area contributed by atoms with Crippen LogP contribution in [0.25, 0.3) is 11.0 Å². The maximum Gasteiger partial charge on any atom is 0.270 e. The number of anilines is 1. The Hall–Kier alpha value is -2.41. The Kier molecular flexibility index (Phi) is 4.19. The van der Waals surface area contributed by atoms with Gasteiger partial charge in [0.15, 0.2) is 0 Å². The van der Waals surface area contributed by atoms with E-state index in [9.17, 15) is 9.59 Å². The Bertz CT molecular complexity index is 852. The maximum absolute atomic E-state index is 12.7. The Balaban J connectivity index is 1.54. The highest BCUT2D eigenvalue weighted by molar-refractivity contribution is 5.97. The molecule has 3 fully saturated rings. The molecule has 2 atom stereocenters. The van der Waals surface area contributed by atoms with Crippen LogP contribution in [0.15, 0.2) is 22.7 Å². The second-order valence-electron chi connectivity index (χ2n) is 7.38. The summed E-state index contributed by atoms with van der Waals surface area (Å²) < 4.78 is 5.72. The average Bonchev–Trinajstić information content (AvgIpc) is 3.07. The zero-order valence-electron chi connectivity index (χ0n) is 15.4. The van der Waals surface area contributed by atoms with Gasteiger partial charge in [-0.1, -0.05) is 0 Å². The minimum atomic E-state index is -0.171. The first-order valence-corrected chi connectivity index (χ1v) is 9.13. The number of furan rings is 1. The first-order valence-electron chi connectivity index (χ1n) is 9.13. The molecular weight excluding hydrogens is 332 g/mol. The summed E-state index contributed by atoms with van der Waals surface area (Å²) in [6.45, 7) is 5.91. The monoisotopic (exact) mass is 356 g/mol. The lowest BCUT2D eigenvalue weighted by atomic mass is 9.79. The van der Waals surface area contributed by atoms with E-state index in [1.165, 1.54) is 11.8 Å². The highest BCUT2D eigenvalue weighted by Crippen LogP contribution is 2.32. The van der Waals surface area contributed by atoms with Crippen LogP contribution in [-0.4, -0.2) is 53.9 Å². The SMILES string of the molecule is CC(=O)N(C)c1cc2cnc(C(=O)NC3C4CCN(CC4)C3C)cc2o1. The van der Waals surface area contributed by atoms with Crippen molar-refractivity contribution in [2.75, 3.05) is 25.0 Å². The summed E-state index contributed by atoms with van der Waals surface area (Å²) in [5.41, 5.74) is 0.891. The van der Waals surface area contributed by atoms with Crippen molar-refractivity contribution in [2.45, 2.75) is 38.8 Å². The van der Waals surface area contributed by atoms with Crippen LogP contribution in [0.4, 0.5) is 5.88 Å². The number of carbonyl (C=O) groups is 2. The highest BCUT2D eigenvalue weighted by Gasteiger charge is 2.40. The number of hydrogen-bond acceptors (Lipinski definition) is 5. The van der Waals surface area contributed by atoms with E-state index in [1.807, 2.05) is 0 Å². The minimum absolute atomic E-state index is 0.119. The van der Waals surface area contributed by atoms with Gasteiger partial charge in [-0.2, -0.15) is 0 Å². The molecule has 2 unspecified atom stereocenters. The van der Waals surface area contributed by atoms with Gasteiger partial charge in [0.1, 0.15) is 11.3 Å². The number of rotatable bonds is 3. The lowest BCUT2D eigenvalue weighted by Crippen LogP contribution is -2.62. The predicted octanol–water partition coefficient (Wildman–Crippen LogP) is 2.02. The molecule has 3 aliphatic heterocycles. The molecule has 7 nitrogen and oxygen atoms in total. The fraction of sp³-hybridized carbons (Fsp3) is 0.526. The van der Waals surface area contributed by atoms with Gasteiger partial charge in [0.2, 0.25) is 11.8 Å². The van der Waals surface area contributed by atoms with E-state index in [-0.39, 0.29) is 17.9 Å². The third-order valence-electron chi connectivity index (χ3n) is 5.90. The predicted molar refractivity (Wildman–Crippen MR) is 98.1 cm³/mol. The van der Waals surface area contributed by atoms with Crippen molar-refractivity contribution in [1.82, 2.24) is 15.2 Å². The molecule has 5 rings (SSSR count). The van der Waals surface area contributed by atoms with Gasteiger partial charge in [-0.15, -0.1) is 0 Å². The molecular formula is C19H24N4O3. The standard InChI is InChI=1S/C19H24N4O3/c1-11-18(13-4-6-23(11)7-5-13)21-19(25)15-9-16-14(10-20-15)8-17(26-16)22(3)12(2)24/h8-11,13,18H,4-7H2,1-3H3,(H,21,25). The zero-order chi connectivity index (χ0) is 18.4. The van der Waals surface area contributed by atoms with Gasteiger partial charge in [-0.05, 0) is 38.8 Å². The van der Waals surface area contributed by atoms with Crippen LogP contribution in [0.5, 0.6) is 0 Å². The molecule has 1 N–H and O–H groups in total. The van der Waals surface area contributed by atoms with Crippen molar-refractivity contribution >= 4 is 28.7 Å². The Morgan fingerprint density at radius 2 is 2.04 bits per heavy atom. The molecule has 3 aliphatic rings. The highest BCUT2D eigenvalue weighted by atomic mass is 16.4. The van der Waals surface area contributed by atoms with Crippen LogP contribution >= 0.6 is 0 Å². The summed E-state index contributed by atoms with van der Waals surface area (Å²) in [4.78, 5) is 32.4. The van der Waals surface area contributed by atoms with Crippen LogP contribution < -0.4 is 10.2 Å². The molecule has 0 saturated carbocycles. The summed E-state index contributed by atoms with van der Waals surface area (Å²) in [6.07, 6.45) is 3.90. The second kappa shape index (κ2) is 6.39. The molecule has 138 valence electrons. The van der Waals surface area contributed by atoms with E-state index in [1.54, 1.807) is 25.4 Å². The Morgan fingerprint density at radius 3 is 2.69 bits per heavy atom. The smallest absolute Gasteiger partial charge is 0.270 e. The molecule has 0 aromatic carbocycles. The van der Waals surface area contributed by atoms with Gasteiger partial charge in [0.05, 0.1) is 0 Å². The van der Waals surface area contributed by atoms with Gasteiger partial charge in [-0.3, -0.25) is 24.4 Å². The van der Waals surface area contributed by atoms with Gasteiger partial charge < -0.3 is 9.73 Å². The fourth-order valence-corrected chi connectivity index (χ4v) is 4.13. The van der Waals surface area contributed by atoms with E-state index in [0.717, 1.165) is 31.3 Å². The number of amides is 2. The van der Waals surface area contributed by atoms with Crippen molar-refractivity contribution < 1.29 is 14.0 Å². The number of nitrogens with one attached hydrogen (secondary N) is 1. The van der Waals surface area contributed by atoms with E-state index in [2.05, 4.69) is 22.1 Å². The molecule has 5 heterocycles. The number of piperidine rings is 3. The van der Waals surface area contributed by atoms with Gasteiger partial charge in [0.25, 0.3) is 5.91 Å². The van der Waals surface area contributed by atoms with Gasteiger partial charge in [-0.25, -0.2) is 0 Å². The Labute approximate surface area is 152 Å². The molecule has 0 radical (unpaired) electrons. The normalized spacial score (nSPS) is 27.5. The molecule has 2 aromatic heterocycles. The lowest BCUT2D eigenvalue weighted by molar-refractivity contribution is -0.116. The average molecular weight is 356 g/mol. The fourth-order valence-electron chi connectivity index (χ4n) is 4.13. The molecule has 0 spiro atoms. The van der Waals surface area contributed by atoms with Crippen LogP contribution in [0.2, 0.25) is 0 Å². The molecule has 26 heavy (non-hydrogen) atoms. The number of nitrogens with zero attached hydrogens (tertiary/aromatic N) is 3. The summed E-state index contributed by atoms with van der Waals surface area (Å²) in [5, 5.41) is 3.94. The summed E-state index contributed by atoms with van der Waals surface area (Å²) in [5.74, 6) is 0.696. The number of pyridine rings is 1. The third-order valence-corrected chi connectivity index (χ3v) is 5.90.